The second-order valence-electron chi connectivity index (χ2n) is 4.29. The fraction of sp³-hybridized carbons (Fsp3) is 0.538. The summed E-state index contributed by atoms with van der Waals surface area (Å²) >= 11 is 0. The molecule has 0 aliphatic rings. The molecule has 0 aliphatic heterocycles. The zero-order valence-electron chi connectivity index (χ0n) is 9.76. The molecule has 2 N–H and O–H groups in total. The highest BCUT2D eigenvalue weighted by Gasteiger charge is 2.15. The van der Waals surface area contributed by atoms with Crippen molar-refractivity contribution in [1.29, 1.82) is 0 Å². The first-order valence-electron chi connectivity index (χ1n) is 5.58. The number of hydrogen-bond donors (Lipinski definition) is 1. The predicted molar refractivity (Wildman–Crippen MR) is 62.1 cm³/mol. The third kappa shape index (κ3) is 3.03. The molecule has 2 unspecified atom stereocenters. The number of aryl methyl sites for hydroxylation is 1. The summed E-state index contributed by atoms with van der Waals surface area (Å²) in [6.07, 6.45) is 2.24. The lowest BCUT2D eigenvalue weighted by atomic mass is 9.89. The number of hydrogen-bond acceptors (Lipinski definition) is 1. The molecule has 2 atom stereocenters. The molecule has 0 saturated heterocycles. The van der Waals surface area contributed by atoms with Crippen molar-refractivity contribution < 1.29 is 4.39 Å². The van der Waals surface area contributed by atoms with Crippen LogP contribution in [0.3, 0.4) is 0 Å². The molecule has 0 aliphatic carbocycles. The number of benzene rings is 1. The van der Waals surface area contributed by atoms with Crippen LogP contribution >= 0.6 is 0 Å². The Labute approximate surface area is 91.5 Å². The molecular formula is C13H20FN. The average Bonchev–Trinajstić information content (AvgIpc) is 2.17. The summed E-state index contributed by atoms with van der Waals surface area (Å²) in [5.74, 6) is 0.255. The van der Waals surface area contributed by atoms with Gasteiger partial charge in [-0.15, -0.1) is 0 Å². The monoisotopic (exact) mass is 209 g/mol. The second-order valence-corrected chi connectivity index (χ2v) is 4.29. The Morgan fingerprint density at radius 1 is 1.40 bits per heavy atom. The highest BCUT2D eigenvalue weighted by atomic mass is 19.1. The summed E-state index contributed by atoms with van der Waals surface area (Å²) < 4.78 is 12.9. The fourth-order valence-corrected chi connectivity index (χ4v) is 1.95. The van der Waals surface area contributed by atoms with Crippen LogP contribution in [0.25, 0.3) is 0 Å². The third-order valence-corrected chi connectivity index (χ3v) is 2.95. The topological polar surface area (TPSA) is 26.0 Å². The van der Waals surface area contributed by atoms with E-state index in [0.29, 0.717) is 5.92 Å². The van der Waals surface area contributed by atoms with Gasteiger partial charge in [0, 0.05) is 6.04 Å². The van der Waals surface area contributed by atoms with Gasteiger partial charge in [-0.05, 0) is 42.5 Å². The quantitative estimate of drug-likeness (QED) is 0.806. The molecule has 1 aromatic rings. The Balaban J connectivity index is 2.86. The fourth-order valence-electron chi connectivity index (χ4n) is 1.95. The summed E-state index contributed by atoms with van der Waals surface area (Å²) in [7, 11) is 0. The van der Waals surface area contributed by atoms with Gasteiger partial charge in [0.05, 0.1) is 0 Å². The van der Waals surface area contributed by atoms with Crippen LogP contribution in [0.4, 0.5) is 4.39 Å². The lowest BCUT2D eigenvalue weighted by Crippen LogP contribution is -2.20. The standard InChI is InChI=1S/C13H20FN/c1-4-5-9(2)13(15)12-7-6-11(14)8-10(12)3/h6-9,13H,4-5,15H2,1-3H3. The van der Waals surface area contributed by atoms with Crippen LogP contribution < -0.4 is 5.73 Å². The van der Waals surface area contributed by atoms with Crippen molar-refractivity contribution in [2.24, 2.45) is 11.7 Å². The summed E-state index contributed by atoms with van der Waals surface area (Å²) in [6, 6.07) is 4.86. The minimum absolute atomic E-state index is 0.0190. The van der Waals surface area contributed by atoms with Crippen LogP contribution in [0, 0.1) is 18.7 Å². The van der Waals surface area contributed by atoms with Crippen LogP contribution in [0.5, 0.6) is 0 Å². The van der Waals surface area contributed by atoms with E-state index in [1.165, 1.54) is 6.07 Å². The minimum atomic E-state index is -0.188. The molecule has 0 spiro atoms. The number of halogens is 1. The Morgan fingerprint density at radius 3 is 2.60 bits per heavy atom. The van der Waals surface area contributed by atoms with Crippen LogP contribution in [0.15, 0.2) is 18.2 Å². The van der Waals surface area contributed by atoms with Crippen molar-refractivity contribution in [2.75, 3.05) is 0 Å². The molecule has 0 saturated carbocycles. The molecular weight excluding hydrogens is 189 g/mol. The zero-order chi connectivity index (χ0) is 11.4. The van der Waals surface area contributed by atoms with Crippen LogP contribution in [0.1, 0.15) is 43.9 Å². The minimum Gasteiger partial charge on any atom is -0.324 e. The van der Waals surface area contributed by atoms with Gasteiger partial charge < -0.3 is 5.73 Å². The Morgan fingerprint density at radius 2 is 2.07 bits per heavy atom. The van der Waals surface area contributed by atoms with Gasteiger partial charge in [-0.25, -0.2) is 4.39 Å². The van der Waals surface area contributed by atoms with E-state index in [2.05, 4.69) is 13.8 Å². The molecule has 1 rings (SSSR count). The Kier molecular flexibility index (Phi) is 4.28. The van der Waals surface area contributed by atoms with Gasteiger partial charge in [-0.1, -0.05) is 26.3 Å². The van der Waals surface area contributed by atoms with Crippen LogP contribution in [-0.2, 0) is 0 Å². The first-order chi connectivity index (χ1) is 7.06. The summed E-state index contributed by atoms with van der Waals surface area (Å²) in [6.45, 7) is 6.22. The first-order valence-corrected chi connectivity index (χ1v) is 5.58. The SMILES string of the molecule is CCCC(C)C(N)c1ccc(F)cc1C. The molecule has 0 radical (unpaired) electrons. The van der Waals surface area contributed by atoms with Gasteiger partial charge in [-0.3, -0.25) is 0 Å². The van der Waals surface area contributed by atoms with Gasteiger partial charge in [0.25, 0.3) is 0 Å². The van der Waals surface area contributed by atoms with Crippen LogP contribution in [0.2, 0.25) is 0 Å². The predicted octanol–water partition coefficient (Wildman–Crippen LogP) is 3.57. The van der Waals surface area contributed by atoms with Crippen molar-refractivity contribution in [3.8, 4) is 0 Å². The van der Waals surface area contributed by atoms with Gasteiger partial charge in [0.2, 0.25) is 0 Å². The summed E-state index contributed by atoms with van der Waals surface area (Å²) in [5.41, 5.74) is 8.17. The van der Waals surface area contributed by atoms with Gasteiger partial charge in [0.1, 0.15) is 5.82 Å². The molecule has 0 amide bonds. The molecule has 2 heteroatoms. The third-order valence-electron chi connectivity index (χ3n) is 2.95. The van der Waals surface area contributed by atoms with Crippen LogP contribution in [-0.4, -0.2) is 0 Å². The highest BCUT2D eigenvalue weighted by Crippen LogP contribution is 2.25. The highest BCUT2D eigenvalue weighted by molar-refractivity contribution is 5.29. The normalized spacial score (nSPS) is 15.0. The van der Waals surface area contributed by atoms with Gasteiger partial charge in [-0.2, -0.15) is 0 Å². The van der Waals surface area contributed by atoms with E-state index >= 15 is 0 Å². The van der Waals surface area contributed by atoms with Gasteiger partial charge >= 0.3 is 0 Å². The molecule has 1 nitrogen and oxygen atoms in total. The number of nitrogens with two attached hydrogens (primary N) is 1. The molecule has 0 fully saturated rings. The van der Waals surface area contributed by atoms with E-state index in [1.807, 2.05) is 13.0 Å². The molecule has 0 aromatic heterocycles. The molecule has 0 heterocycles. The summed E-state index contributed by atoms with van der Waals surface area (Å²) in [5, 5.41) is 0. The van der Waals surface area contributed by atoms with E-state index in [0.717, 1.165) is 24.0 Å². The van der Waals surface area contributed by atoms with E-state index in [4.69, 9.17) is 5.73 Å². The summed E-state index contributed by atoms with van der Waals surface area (Å²) in [4.78, 5) is 0. The van der Waals surface area contributed by atoms with Crippen molar-refractivity contribution >= 4 is 0 Å². The molecule has 15 heavy (non-hydrogen) atoms. The maximum atomic E-state index is 12.9. The van der Waals surface area contributed by atoms with Crippen molar-refractivity contribution in [1.82, 2.24) is 0 Å². The molecule has 84 valence electrons. The van der Waals surface area contributed by atoms with Crippen molar-refractivity contribution in [3.63, 3.8) is 0 Å². The van der Waals surface area contributed by atoms with Crippen molar-refractivity contribution in [3.05, 3.63) is 35.1 Å². The Bertz CT molecular complexity index is 322. The smallest absolute Gasteiger partial charge is 0.123 e. The lowest BCUT2D eigenvalue weighted by Gasteiger charge is -2.21. The Hall–Kier alpha value is -0.890. The van der Waals surface area contributed by atoms with E-state index in [1.54, 1.807) is 6.07 Å². The number of rotatable bonds is 4. The molecule has 0 bridgehead atoms. The second kappa shape index (κ2) is 5.26. The largest absolute Gasteiger partial charge is 0.324 e. The first kappa shape index (κ1) is 12.2. The van der Waals surface area contributed by atoms with Gasteiger partial charge in [0.15, 0.2) is 0 Å². The average molecular weight is 209 g/mol. The van der Waals surface area contributed by atoms with E-state index in [9.17, 15) is 4.39 Å². The molecule has 1 aromatic carbocycles. The van der Waals surface area contributed by atoms with E-state index < -0.39 is 0 Å². The maximum Gasteiger partial charge on any atom is 0.123 e. The maximum absolute atomic E-state index is 12.9. The lowest BCUT2D eigenvalue weighted by molar-refractivity contribution is 0.432. The van der Waals surface area contributed by atoms with E-state index in [-0.39, 0.29) is 11.9 Å². The van der Waals surface area contributed by atoms with Crippen molar-refractivity contribution in [2.45, 2.75) is 39.7 Å². The zero-order valence-corrected chi connectivity index (χ0v) is 9.76.